The summed E-state index contributed by atoms with van der Waals surface area (Å²) in [5.74, 6) is 0.137. The third kappa shape index (κ3) is 3.75. The van der Waals surface area contributed by atoms with Crippen molar-refractivity contribution < 1.29 is 4.79 Å². The smallest absolute Gasteiger partial charge is 0.234 e. The van der Waals surface area contributed by atoms with Gasteiger partial charge in [0.15, 0.2) is 0 Å². The van der Waals surface area contributed by atoms with Crippen molar-refractivity contribution in [3.05, 3.63) is 65.3 Å². The third-order valence-corrected chi connectivity index (χ3v) is 5.70. The summed E-state index contributed by atoms with van der Waals surface area (Å²) in [5, 5.41) is 10.8. The Bertz CT molecular complexity index is 1060. The highest BCUT2D eigenvalue weighted by molar-refractivity contribution is 8.00. The van der Waals surface area contributed by atoms with Gasteiger partial charge in [-0.3, -0.25) is 4.79 Å². The maximum atomic E-state index is 12.2. The number of rotatable bonds is 5. The van der Waals surface area contributed by atoms with Crippen LogP contribution < -0.4 is 5.32 Å². The van der Waals surface area contributed by atoms with Gasteiger partial charge in [0.2, 0.25) is 5.91 Å². The van der Waals surface area contributed by atoms with Gasteiger partial charge in [-0.1, -0.05) is 35.5 Å². The highest BCUT2D eigenvalue weighted by atomic mass is 35.5. The molecule has 26 heavy (non-hydrogen) atoms. The molecule has 0 atom stereocenters. The minimum atomic E-state index is -0.112. The van der Waals surface area contributed by atoms with Crippen LogP contribution in [0.4, 0.5) is 5.69 Å². The summed E-state index contributed by atoms with van der Waals surface area (Å²) in [5.41, 5.74) is 2.47. The normalized spacial score (nSPS) is 11.0. The number of amides is 1. The summed E-state index contributed by atoms with van der Waals surface area (Å²) < 4.78 is 1.79. The van der Waals surface area contributed by atoms with E-state index in [1.807, 2.05) is 29.8 Å². The maximum Gasteiger partial charge on any atom is 0.234 e. The molecule has 0 fully saturated rings. The molecule has 0 aliphatic heterocycles. The number of hydrogen-bond acceptors (Lipinski definition) is 5. The number of benzene rings is 1. The van der Waals surface area contributed by atoms with Crippen LogP contribution in [0.3, 0.4) is 0 Å². The van der Waals surface area contributed by atoms with Crippen LogP contribution in [0.5, 0.6) is 0 Å². The van der Waals surface area contributed by atoms with E-state index in [-0.39, 0.29) is 11.7 Å². The molecule has 0 bridgehead atoms. The number of anilines is 1. The summed E-state index contributed by atoms with van der Waals surface area (Å²) in [4.78, 5) is 17.7. The molecule has 0 unspecified atom stereocenters. The molecule has 1 amide bonds. The first-order valence-corrected chi connectivity index (χ1v) is 10.00. The number of nitrogens with zero attached hydrogens (tertiary/aromatic N) is 3. The number of fused-ring (bicyclic) bond motifs is 1. The van der Waals surface area contributed by atoms with Gasteiger partial charge in [0.1, 0.15) is 10.7 Å². The van der Waals surface area contributed by atoms with Crippen LogP contribution in [0.2, 0.25) is 5.02 Å². The van der Waals surface area contributed by atoms with E-state index in [0.29, 0.717) is 10.7 Å². The number of halogens is 1. The average Bonchev–Trinajstić information content (AvgIpc) is 3.29. The van der Waals surface area contributed by atoms with E-state index in [2.05, 4.69) is 15.4 Å². The van der Waals surface area contributed by atoms with E-state index in [9.17, 15) is 4.79 Å². The monoisotopic (exact) mass is 400 g/mol. The molecule has 5 nitrogen and oxygen atoms in total. The van der Waals surface area contributed by atoms with Gasteiger partial charge in [-0.05, 0) is 35.7 Å². The Morgan fingerprint density at radius 1 is 1.27 bits per heavy atom. The van der Waals surface area contributed by atoms with Gasteiger partial charge in [-0.2, -0.15) is 5.10 Å². The molecule has 1 N–H and O–H groups in total. The highest BCUT2D eigenvalue weighted by Gasteiger charge is 2.12. The van der Waals surface area contributed by atoms with Crippen molar-refractivity contribution in [3.8, 4) is 10.6 Å². The first kappa shape index (κ1) is 17.1. The first-order valence-electron chi connectivity index (χ1n) is 7.75. The molecule has 0 saturated heterocycles. The van der Waals surface area contributed by atoms with Gasteiger partial charge < -0.3 is 5.32 Å². The number of thioether (sulfide) groups is 1. The molecular weight excluding hydrogens is 388 g/mol. The quantitative estimate of drug-likeness (QED) is 0.487. The van der Waals surface area contributed by atoms with Gasteiger partial charge in [-0.15, -0.1) is 11.3 Å². The lowest BCUT2D eigenvalue weighted by Crippen LogP contribution is -2.14. The lowest BCUT2D eigenvalue weighted by molar-refractivity contribution is -0.113. The molecule has 0 radical (unpaired) electrons. The van der Waals surface area contributed by atoms with Gasteiger partial charge in [0.25, 0.3) is 0 Å². The highest BCUT2D eigenvalue weighted by Crippen LogP contribution is 2.28. The van der Waals surface area contributed by atoms with E-state index >= 15 is 0 Å². The van der Waals surface area contributed by atoms with Crippen molar-refractivity contribution in [2.24, 2.45) is 0 Å². The number of aromatic nitrogens is 3. The molecule has 3 aromatic heterocycles. The summed E-state index contributed by atoms with van der Waals surface area (Å²) >= 11 is 8.95. The van der Waals surface area contributed by atoms with Crippen LogP contribution in [-0.4, -0.2) is 26.3 Å². The second kappa shape index (κ2) is 7.49. The fraction of sp³-hybridized carbons (Fsp3) is 0.0556. The van der Waals surface area contributed by atoms with Crippen molar-refractivity contribution in [2.75, 3.05) is 11.1 Å². The topological polar surface area (TPSA) is 59.3 Å². The van der Waals surface area contributed by atoms with Crippen LogP contribution in [0, 0.1) is 0 Å². The Kier molecular flexibility index (Phi) is 4.92. The van der Waals surface area contributed by atoms with E-state index in [1.54, 1.807) is 46.3 Å². The average molecular weight is 401 g/mol. The molecule has 0 spiro atoms. The molecular formula is C18H13ClN4OS2. The predicted molar refractivity (Wildman–Crippen MR) is 107 cm³/mol. The van der Waals surface area contributed by atoms with Crippen molar-refractivity contribution in [1.29, 1.82) is 0 Å². The molecule has 130 valence electrons. The number of carbonyl (C=O) groups is 1. The molecule has 3 heterocycles. The zero-order valence-electron chi connectivity index (χ0n) is 13.4. The zero-order valence-corrected chi connectivity index (χ0v) is 15.8. The van der Waals surface area contributed by atoms with Crippen LogP contribution in [-0.2, 0) is 4.79 Å². The molecule has 0 aliphatic rings. The number of hydrogen-bond donors (Lipinski definition) is 1. The fourth-order valence-electron chi connectivity index (χ4n) is 2.45. The van der Waals surface area contributed by atoms with Crippen LogP contribution in [0.1, 0.15) is 0 Å². The van der Waals surface area contributed by atoms with Crippen LogP contribution in [0.15, 0.2) is 65.3 Å². The third-order valence-electron chi connectivity index (χ3n) is 3.58. The molecule has 4 aromatic rings. The van der Waals surface area contributed by atoms with Gasteiger partial charge >= 0.3 is 0 Å². The standard InChI is InChI=1S/C18H13ClN4OS2/c19-12-3-1-4-13(9-12)21-17(24)11-26-18-15-10-14(16-5-2-8-25-16)22-23(15)7-6-20-18/h1-10H,11H2,(H,21,24). The predicted octanol–water partition coefficient (Wildman–Crippen LogP) is 4.84. The second-order valence-electron chi connectivity index (χ2n) is 5.42. The fourth-order valence-corrected chi connectivity index (χ4v) is 4.10. The van der Waals surface area contributed by atoms with E-state index in [0.717, 1.165) is 21.1 Å². The SMILES string of the molecule is O=C(CSc1nccn2nc(-c3cccs3)cc12)Nc1cccc(Cl)c1. The summed E-state index contributed by atoms with van der Waals surface area (Å²) in [6, 6.07) is 13.1. The molecule has 0 aliphatic carbocycles. The van der Waals surface area contributed by atoms with Crippen molar-refractivity contribution in [2.45, 2.75) is 5.03 Å². The Morgan fingerprint density at radius 2 is 2.19 bits per heavy atom. The molecule has 4 rings (SSSR count). The van der Waals surface area contributed by atoms with E-state index < -0.39 is 0 Å². The molecule has 8 heteroatoms. The summed E-state index contributed by atoms with van der Waals surface area (Å²) in [6.45, 7) is 0. The summed E-state index contributed by atoms with van der Waals surface area (Å²) in [7, 11) is 0. The Hall–Kier alpha value is -2.35. The number of nitrogens with one attached hydrogen (secondary N) is 1. The number of thiophene rings is 1. The molecule has 0 saturated carbocycles. The van der Waals surface area contributed by atoms with E-state index in [4.69, 9.17) is 11.6 Å². The minimum absolute atomic E-state index is 0.112. The second-order valence-corrected chi connectivity index (χ2v) is 7.76. The Morgan fingerprint density at radius 3 is 3.00 bits per heavy atom. The Balaban J connectivity index is 1.49. The largest absolute Gasteiger partial charge is 0.325 e. The van der Waals surface area contributed by atoms with Gasteiger partial charge in [-0.25, -0.2) is 9.50 Å². The van der Waals surface area contributed by atoms with Gasteiger partial charge in [0, 0.05) is 23.1 Å². The molecule has 1 aromatic carbocycles. The van der Waals surface area contributed by atoms with Crippen molar-refractivity contribution in [1.82, 2.24) is 14.6 Å². The number of carbonyl (C=O) groups excluding carboxylic acids is 1. The lowest BCUT2D eigenvalue weighted by atomic mass is 10.3. The zero-order chi connectivity index (χ0) is 17.9. The van der Waals surface area contributed by atoms with Crippen molar-refractivity contribution >= 4 is 51.8 Å². The maximum absolute atomic E-state index is 12.2. The Labute approximate surface area is 163 Å². The van der Waals surface area contributed by atoms with Crippen molar-refractivity contribution in [3.63, 3.8) is 0 Å². The van der Waals surface area contributed by atoms with Crippen LogP contribution in [0.25, 0.3) is 16.1 Å². The lowest BCUT2D eigenvalue weighted by Gasteiger charge is -2.05. The first-order chi connectivity index (χ1) is 12.7. The van der Waals surface area contributed by atoms with Gasteiger partial charge in [0.05, 0.1) is 16.1 Å². The van der Waals surface area contributed by atoms with E-state index in [1.165, 1.54) is 11.8 Å². The summed E-state index contributed by atoms with van der Waals surface area (Å²) in [6.07, 6.45) is 3.50. The minimum Gasteiger partial charge on any atom is -0.325 e. The van der Waals surface area contributed by atoms with Crippen LogP contribution >= 0.6 is 34.7 Å².